The van der Waals surface area contributed by atoms with Crippen LogP contribution in [0.4, 0.5) is 0 Å². The highest BCUT2D eigenvalue weighted by molar-refractivity contribution is 6.31. The van der Waals surface area contributed by atoms with Crippen LogP contribution in [0, 0.1) is 0 Å². The fourth-order valence-corrected chi connectivity index (χ4v) is 3.18. The van der Waals surface area contributed by atoms with Gasteiger partial charge >= 0.3 is 0 Å². The van der Waals surface area contributed by atoms with Crippen LogP contribution in [-0.2, 0) is 11.1 Å². The Hall–Kier alpha value is -1.67. The molecule has 28 heavy (non-hydrogen) atoms. The molecule has 1 fully saturated rings. The first-order valence-corrected chi connectivity index (χ1v) is 8.88. The molecule has 5 atom stereocenters. The SMILES string of the molecule is [2H]C([2H])(c1ccc(OC([2H])([2H])C([2H])([2H])[2H])cc1)c1cc([C@@H]2O[C@H](CO)[C@@H](O)[C@H](O)[C@H]2O)ccc1Cl. The minimum Gasteiger partial charge on any atom is -0.494 e. The summed E-state index contributed by atoms with van der Waals surface area (Å²) in [6.45, 7) is -6.59. The average molecular weight is 416 g/mol. The molecule has 3 rings (SSSR count). The van der Waals surface area contributed by atoms with Crippen molar-refractivity contribution >= 4 is 11.6 Å². The summed E-state index contributed by atoms with van der Waals surface area (Å²) in [5.74, 6) is -0.119. The fourth-order valence-electron chi connectivity index (χ4n) is 3.01. The van der Waals surface area contributed by atoms with Crippen LogP contribution in [0.5, 0.6) is 5.75 Å². The first-order valence-electron chi connectivity index (χ1n) is 12.0. The third-order valence-corrected chi connectivity index (χ3v) is 4.84. The van der Waals surface area contributed by atoms with Crippen molar-refractivity contribution in [3.63, 3.8) is 0 Å². The molecule has 1 saturated heterocycles. The van der Waals surface area contributed by atoms with E-state index >= 15 is 0 Å². The van der Waals surface area contributed by atoms with Gasteiger partial charge in [0.25, 0.3) is 0 Å². The third-order valence-electron chi connectivity index (χ3n) is 4.51. The van der Waals surface area contributed by atoms with Crippen LogP contribution >= 0.6 is 11.6 Å². The monoisotopic (exact) mass is 415 g/mol. The van der Waals surface area contributed by atoms with E-state index in [-0.39, 0.29) is 27.5 Å². The van der Waals surface area contributed by atoms with Crippen LogP contribution < -0.4 is 4.74 Å². The molecule has 1 heterocycles. The lowest BCUT2D eigenvalue weighted by Crippen LogP contribution is -2.55. The van der Waals surface area contributed by atoms with Crippen molar-refractivity contribution < 1.29 is 39.5 Å². The maximum atomic E-state index is 10.4. The number of rotatable bonds is 6. The van der Waals surface area contributed by atoms with E-state index < -0.39 is 56.9 Å². The standard InChI is InChI=1S/C21H25ClO6/c1-2-27-15-6-3-12(4-7-15)9-14-10-13(5-8-16(14)22)21-20(26)19(25)18(24)17(11-23)28-21/h3-8,10,17-21,23-26H,2,9,11H2,1H3/t17-,18-,19+,20-,21+/m1/s1/i1D3,2D2,9D2. The van der Waals surface area contributed by atoms with Gasteiger partial charge in [-0.15, -0.1) is 0 Å². The van der Waals surface area contributed by atoms with Gasteiger partial charge in [-0.05, 0) is 48.1 Å². The third kappa shape index (κ3) is 4.49. The number of hydrogen-bond donors (Lipinski definition) is 4. The topological polar surface area (TPSA) is 99.4 Å². The molecular weight excluding hydrogens is 384 g/mol. The lowest BCUT2D eigenvalue weighted by Gasteiger charge is -2.40. The molecule has 2 aromatic carbocycles. The second kappa shape index (κ2) is 9.22. The van der Waals surface area contributed by atoms with Gasteiger partial charge in [-0.1, -0.05) is 35.9 Å². The van der Waals surface area contributed by atoms with E-state index in [2.05, 4.69) is 0 Å². The van der Waals surface area contributed by atoms with E-state index in [4.69, 9.17) is 30.7 Å². The zero-order valence-corrected chi connectivity index (χ0v) is 15.4. The molecule has 1 aliphatic heterocycles. The van der Waals surface area contributed by atoms with Gasteiger partial charge in [-0.2, -0.15) is 0 Å². The fraction of sp³-hybridized carbons (Fsp3) is 0.429. The first-order chi connectivity index (χ1) is 16.1. The Bertz CT molecular complexity index is 1030. The summed E-state index contributed by atoms with van der Waals surface area (Å²) in [6.07, 6.45) is -9.24. The zero-order valence-electron chi connectivity index (χ0n) is 21.6. The molecule has 0 radical (unpaired) electrons. The van der Waals surface area contributed by atoms with Crippen LogP contribution in [-0.4, -0.2) is 58.0 Å². The van der Waals surface area contributed by atoms with Crippen molar-refractivity contribution in [2.45, 2.75) is 43.7 Å². The summed E-state index contributed by atoms with van der Waals surface area (Å²) in [4.78, 5) is 0. The molecule has 4 N–H and O–H groups in total. The number of ether oxygens (including phenoxy) is 2. The van der Waals surface area contributed by atoms with Gasteiger partial charge in [0.1, 0.15) is 36.3 Å². The van der Waals surface area contributed by atoms with Gasteiger partial charge in [-0.25, -0.2) is 0 Å². The van der Waals surface area contributed by atoms with Crippen molar-refractivity contribution in [1.82, 2.24) is 0 Å². The second-order valence-corrected chi connectivity index (χ2v) is 6.75. The summed E-state index contributed by atoms with van der Waals surface area (Å²) in [6, 6.07) is 9.23. The lowest BCUT2D eigenvalue weighted by atomic mass is 9.90. The highest BCUT2D eigenvalue weighted by Gasteiger charge is 2.43. The van der Waals surface area contributed by atoms with E-state index in [1.54, 1.807) is 0 Å². The minimum atomic E-state index is -3.03. The largest absolute Gasteiger partial charge is 0.494 e. The van der Waals surface area contributed by atoms with Gasteiger partial charge in [0.2, 0.25) is 0 Å². The molecule has 0 aromatic heterocycles. The predicted octanol–water partition coefficient (Wildman–Crippen LogP) is 1.84. The highest BCUT2D eigenvalue weighted by atomic mass is 35.5. The molecule has 0 bridgehead atoms. The van der Waals surface area contributed by atoms with Crippen molar-refractivity contribution in [2.24, 2.45) is 0 Å². The molecule has 0 spiro atoms. The molecule has 0 saturated carbocycles. The molecule has 2 aromatic rings. The molecule has 6 nitrogen and oxygen atoms in total. The quantitative estimate of drug-likeness (QED) is 0.574. The number of benzene rings is 2. The first kappa shape index (κ1) is 13.5. The molecular formula is C21H25ClO6. The van der Waals surface area contributed by atoms with Crippen LogP contribution in [0.3, 0.4) is 0 Å². The number of hydrogen-bond acceptors (Lipinski definition) is 6. The maximum absolute atomic E-state index is 10.4. The highest BCUT2D eigenvalue weighted by Crippen LogP contribution is 2.34. The molecule has 7 heteroatoms. The van der Waals surface area contributed by atoms with Gasteiger partial charge < -0.3 is 29.9 Å². The minimum absolute atomic E-state index is 0.0138. The Morgan fingerprint density at radius 3 is 2.54 bits per heavy atom. The van der Waals surface area contributed by atoms with Crippen LogP contribution in [0.15, 0.2) is 42.5 Å². The average Bonchev–Trinajstić information content (AvgIpc) is 2.77. The molecule has 0 unspecified atom stereocenters. The van der Waals surface area contributed by atoms with Crippen molar-refractivity contribution in [3.05, 3.63) is 64.2 Å². The maximum Gasteiger partial charge on any atom is 0.119 e. The predicted molar refractivity (Wildman–Crippen MR) is 105 cm³/mol. The molecule has 0 aliphatic carbocycles. The molecule has 0 amide bonds. The normalized spacial score (nSPS) is 32.8. The van der Waals surface area contributed by atoms with Crippen molar-refractivity contribution in [1.29, 1.82) is 0 Å². The van der Waals surface area contributed by atoms with E-state index in [9.17, 15) is 20.4 Å². The van der Waals surface area contributed by atoms with Gasteiger partial charge in [-0.3, -0.25) is 0 Å². The van der Waals surface area contributed by atoms with E-state index in [0.29, 0.717) is 0 Å². The van der Waals surface area contributed by atoms with E-state index in [1.807, 2.05) is 0 Å². The van der Waals surface area contributed by atoms with E-state index in [1.165, 1.54) is 42.5 Å². The van der Waals surface area contributed by atoms with Crippen molar-refractivity contribution in [2.75, 3.05) is 13.2 Å². The Labute approximate surface area is 178 Å². The Kier molecular flexibility index (Phi) is 4.46. The summed E-state index contributed by atoms with van der Waals surface area (Å²) in [5.41, 5.74) is 0.322. The summed E-state index contributed by atoms with van der Waals surface area (Å²) < 4.78 is 64.5. The zero-order chi connectivity index (χ0) is 26.3. The smallest absolute Gasteiger partial charge is 0.119 e. The summed E-state index contributed by atoms with van der Waals surface area (Å²) in [7, 11) is 0. The van der Waals surface area contributed by atoms with E-state index in [0.717, 1.165) is 0 Å². The van der Waals surface area contributed by atoms with Crippen LogP contribution in [0.2, 0.25) is 5.02 Å². The molecule has 1 aliphatic rings. The van der Waals surface area contributed by atoms with Gasteiger partial charge in [0.05, 0.1) is 15.9 Å². The Balaban J connectivity index is 1.91. The summed E-state index contributed by atoms with van der Waals surface area (Å²) >= 11 is 6.27. The van der Waals surface area contributed by atoms with Crippen molar-refractivity contribution in [3.8, 4) is 5.75 Å². The van der Waals surface area contributed by atoms with Gasteiger partial charge in [0, 0.05) is 11.9 Å². The summed E-state index contributed by atoms with van der Waals surface area (Å²) in [5, 5.41) is 40.0. The lowest BCUT2D eigenvalue weighted by molar-refractivity contribution is -0.231. The molecule has 152 valence electrons. The number of halogens is 1. The Morgan fingerprint density at radius 1 is 1.11 bits per heavy atom. The Morgan fingerprint density at radius 2 is 1.86 bits per heavy atom. The van der Waals surface area contributed by atoms with Crippen LogP contribution in [0.25, 0.3) is 0 Å². The van der Waals surface area contributed by atoms with Gasteiger partial charge in [0.15, 0.2) is 0 Å². The number of aliphatic hydroxyl groups excluding tert-OH is 4. The second-order valence-electron chi connectivity index (χ2n) is 6.34. The van der Waals surface area contributed by atoms with Crippen LogP contribution in [0.1, 0.15) is 39.2 Å². The number of aliphatic hydroxyl groups is 4.